The van der Waals surface area contributed by atoms with Gasteiger partial charge in [0.25, 0.3) is 0 Å². The number of nitrogens with one attached hydrogen (secondary N) is 1. The number of hydrogen-bond acceptors (Lipinski definition) is 3. The van der Waals surface area contributed by atoms with Crippen molar-refractivity contribution < 1.29 is 0 Å². The summed E-state index contributed by atoms with van der Waals surface area (Å²) in [6.45, 7) is 9.97. The summed E-state index contributed by atoms with van der Waals surface area (Å²) >= 11 is 1.82. The lowest BCUT2D eigenvalue weighted by atomic mass is 9.72. The van der Waals surface area contributed by atoms with Crippen LogP contribution in [0.4, 0.5) is 0 Å². The molecule has 1 saturated carbocycles. The van der Waals surface area contributed by atoms with Crippen molar-refractivity contribution >= 4 is 11.3 Å². The predicted octanol–water partition coefficient (Wildman–Crippen LogP) is 3.41. The number of nitrogens with zero attached hydrogens (tertiary/aromatic N) is 1. The topological polar surface area (TPSA) is 24.9 Å². The van der Waals surface area contributed by atoms with E-state index in [1.54, 1.807) is 0 Å². The molecular weight excluding hydrogens is 228 g/mol. The Labute approximate surface area is 109 Å². The Kier molecular flexibility index (Phi) is 3.88. The zero-order chi connectivity index (χ0) is 12.5. The molecule has 96 valence electrons. The van der Waals surface area contributed by atoms with E-state index in [1.807, 2.05) is 11.3 Å². The maximum Gasteiger partial charge on any atom is 0.0930 e. The SMILES string of the molecule is Cc1csc(CC2CCC2CNC(C)(C)C)n1. The van der Waals surface area contributed by atoms with Crippen molar-refractivity contribution in [1.82, 2.24) is 10.3 Å². The van der Waals surface area contributed by atoms with Crippen molar-refractivity contribution in [2.24, 2.45) is 11.8 Å². The first kappa shape index (κ1) is 13.0. The molecular formula is C14H24N2S. The normalized spacial score (nSPS) is 24.7. The van der Waals surface area contributed by atoms with Crippen molar-refractivity contribution in [1.29, 1.82) is 0 Å². The summed E-state index contributed by atoms with van der Waals surface area (Å²) < 4.78 is 0. The summed E-state index contributed by atoms with van der Waals surface area (Å²) in [4.78, 5) is 4.57. The minimum atomic E-state index is 0.248. The van der Waals surface area contributed by atoms with Crippen molar-refractivity contribution in [2.45, 2.75) is 52.5 Å². The third-order valence-corrected chi connectivity index (χ3v) is 4.56. The molecule has 1 aliphatic rings. The van der Waals surface area contributed by atoms with Gasteiger partial charge in [-0.05, 0) is 58.9 Å². The standard InChI is InChI=1S/C14H24N2S/c1-10-9-17-13(16-10)7-11-5-6-12(11)8-15-14(2,3)4/h9,11-12,15H,5-8H2,1-4H3. The lowest BCUT2D eigenvalue weighted by Gasteiger charge is -2.38. The summed E-state index contributed by atoms with van der Waals surface area (Å²) in [5.74, 6) is 1.72. The smallest absolute Gasteiger partial charge is 0.0930 e. The van der Waals surface area contributed by atoms with Crippen LogP contribution in [0.5, 0.6) is 0 Å². The van der Waals surface area contributed by atoms with E-state index >= 15 is 0 Å². The van der Waals surface area contributed by atoms with Gasteiger partial charge in [0.1, 0.15) is 0 Å². The van der Waals surface area contributed by atoms with Gasteiger partial charge in [-0.1, -0.05) is 0 Å². The zero-order valence-electron chi connectivity index (χ0n) is 11.4. The van der Waals surface area contributed by atoms with Gasteiger partial charge >= 0.3 is 0 Å². The molecule has 0 bridgehead atoms. The molecule has 2 atom stereocenters. The Morgan fingerprint density at radius 3 is 2.53 bits per heavy atom. The summed E-state index contributed by atoms with van der Waals surface area (Å²) in [6, 6.07) is 0. The van der Waals surface area contributed by atoms with Crippen molar-refractivity contribution in [3.8, 4) is 0 Å². The Morgan fingerprint density at radius 1 is 1.35 bits per heavy atom. The van der Waals surface area contributed by atoms with Gasteiger partial charge in [0, 0.05) is 23.0 Å². The Bertz CT molecular complexity index is 365. The molecule has 0 aromatic carbocycles. The average Bonchev–Trinajstić information content (AvgIpc) is 2.57. The van der Waals surface area contributed by atoms with E-state index in [0.29, 0.717) is 0 Å². The van der Waals surface area contributed by atoms with Gasteiger partial charge in [-0.3, -0.25) is 0 Å². The van der Waals surface area contributed by atoms with Crippen LogP contribution < -0.4 is 5.32 Å². The van der Waals surface area contributed by atoms with Crippen LogP contribution >= 0.6 is 11.3 Å². The molecule has 0 saturated heterocycles. The van der Waals surface area contributed by atoms with Crippen LogP contribution in [-0.2, 0) is 6.42 Å². The number of aromatic nitrogens is 1. The van der Waals surface area contributed by atoms with Crippen LogP contribution in [0, 0.1) is 18.8 Å². The second kappa shape index (κ2) is 5.07. The highest BCUT2D eigenvalue weighted by Crippen LogP contribution is 2.37. The highest BCUT2D eigenvalue weighted by molar-refractivity contribution is 7.09. The second-order valence-electron chi connectivity index (χ2n) is 6.32. The van der Waals surface area contributed by atoms with Crippen LogP contribution in [0.15, 0.2) is 5.38 Å². The van der Waals surface area contributed by atoms with Gasteiger partial charge in [-0.15, -0.1) is 11.3 Å². The van der Waals surface area contributed by atoms with Crippen molar-refractivity contribution in [2.75, 3.05) is 6.54 Å². The molecule has 2 unspecified atom stereocenters. The van der Waals surface area contributed by atoms with E-state index in [1.165, 1.54) is 36.5 Å². The molecule has 0 amide bonds. The van der Waals surface area contributed by atoms with Crippen molar-refractivity contribution in [3.05, 3.63) is 16.1 Å². The Balaban J connectivity index is 1.79. The highest BCUT2D eigenvalue weighted by atomic mass is 32.1. The molecule has 1 aliphatic carbocycles. The number of aryl methyl sites for hydroxylation is 1. The monoisotopic (exact) mass is 252 g/mol. The first-order chi connectivity index (χ1) is 7.94. The third-order valence-electron chi connectivity index (χ3n) is 3.57. The summed E-state index contributed by atoms with van der Waals surface area (Å²) in [5, 5.41) is 7.12. The molecule has 0 spiro atoms. The van der Waals surface area contributed by atoms with Gasteiger partial charge in [0.2, 0.25) is 0 Å². The molecule has 1 fully saturated rings. The first-order valence-corrected chi connectivity index (χ1v) is 7.48. The number of hydrogen-bond donors (Lipinski definition) is 1. The zero-order valence-corrected chi connectivity index (χ0v) is 12.2. The van der Waals surface area contributed by atoms with E-state index in [9.17, 15) is 0 Å². The van der Waals surface area contributed by atoms with Gasteiger partial charge in [-0.25, -0.2) is 4.98 Å². The van der Waals surface area contributed by atoms with E-state index < -0.39 is 0 Å². The fourth-order valence-electron chi connectivity index (χ4n) is 2.33. The summed E-state index contributed by atoms with van der Waals surface area (Å²) in [5.41, 5.74) is 1.42. The van der Waals surface area contributed by atoms with Crippen LogP contribution in [0.2, 0.25) is 0 Å². The van der Waals surface area contributed by atoms with Crippen LogP contribution in [-0.4, -0.2) is 17.1 Å². The lowest BCUT2D eigenvalue weighted by molar-refractivity contribution is 0.159. The number of thiazole rings is 1. The maximum absolute atomic E-state index is 4.57. The minimum Gasteiger partial charge on any atom is -0.312 e. The van der Waals surface area contributed by atoms with Crippen LogP contribution in [0.25, 0.3) is 0 Å². The fourth-order valence-corrected chi connectivity index (χ4v) is 3.20. The van der Waals surface area contributed by atoms with Gasteiger partial charge < -0.3 is 5.32 Å². The molecule has 1 aromatic rings. The second-order valence-corrected chi connectivity index (χ2v) is 7.26. The van der Waals surface area contributed by atoms with E-state index in [2.05, 4.69) is 43.4 Å². The van der Waals surface area contributed by atoms with Gasteiger partial charge in [-0.2, -0.15) is 0 Å². The Hall–Kier alpha value is -0.410. The predicted molar refractivity (Wildman–Crippen MR) is 74.5 cm³/mol. The highest BCUT2D eigenvalue weighted by Gasteiger charge is 2.31. The molecule has 0 radical (unpaired) electrons. The minimum absolute atomic E-state index is 0.248. The molecule has 2 nitrogen and oxygen atoms in total. The Morgan fingerprint density at radius 2 is 2.06 bits per heavy atom. The lowest BCUT2D eigenvalue weighted by Crippen LogP contribution is -2.44. The van der Waals surface area contributed by atoms with Crippen LogP contribution in [0.3, 0.4) is 0 Å². The van der Waals surface area contributed by atoms with E-state index in [0.717, 1.165) is 11.8 Å². The van der Waals surface area contributed by atoms with Gasteiger partial charge in [0.05, 0.1) is 5.01 Å². The van der Waals surface area contributed by atoms with E-state index in [-0.39, 0.29) is 5.54 Å². The number of rotatable bonds is 4. The maximum atomic E-state index is 4.57. The first-order valence-electron chi connectivity index (χ1n) is 6.60. The molecule has 1 heterocycles. The molecule has 1 N–H and O–H groups in total. The van der Waals surface area contributed by atoms with Gasteiger partial charge in [0.15, 0.2) is 0 Å². The molecule has 17 heavy (non-hydrogen) atoms. The molecule has 2 rings (SSSR count). The molecule has 0 aliphatic heterocycles. The summed E-state index contributed by atoms with van der Waals surface area (Å²) in [7, 11) is 0. The summed E-state index contributed by atoms with van der Waals surface area (Å²) in [6.07, 6.45) is 3.96. The van der Waals surface area contributed by atoms with E-state index in [4.69, 9.17) is 0 Å². The van der Waals surface area contributed by atoms with Crippen molar-refractivity contribution in [3.63, 3.8) is 0 Å². The van der Waals surface area contributed by atoms with Crippen LogP contribution in [0.1, 0.15) is 44.3 Å². The average molecular weight is 252 g/mol. The fraction of sp³-hybridized carbons (Fsp3) is 0.786. The largest absolute Gasteiger partial charge is 0.312 e. The third kappa shape index (κ3) is 3.78. The molecule has 3 heteroatoms. The molecule has 1 aromatic heterocycles. The quantitative estimate of drug-likeness (QED) is 0.888.